The van der Waals surface area contributed by atoms with Crippen molar-refractivity contribution in [3.05, 3.63) is 99.9 Å². The SMILES string of the molecule is O=C(O)Cn1ccc(NC(=O)c2ccc(CNc3ccccc3Cc3ccccc3)s2)n1. The summed E-state index contributed by atoms with van der Waals surface area (Å²) >= 11 is 1.40. The first-order valence-corrected chi connectivity index (χ1v) is 10.9. The molecule has 0 saturated carbocycles. The Balaban J connectivity index is 1.36. The molecule has 2 aromatic heterocycles. The number of carbonyl (C=O) groups excluding carboxylic acids is 1. The van der Waals surface area contributed by atoms with Crippen LogP contribution in [0, 0.1) is 0 Å². The number of hydrogen-bond donors (Lipinski definition) is 3. The van der Waals surface area contributed by atoms with E-state index in [4.69, 9.17) is 5.11 Å². The second kappa shape index (κ2) is 9.93. The maximum Gasteiger partial charge on any atom is 0.325 e. The lowest BCUT2D eigenvalue weighted by molar-refractivity contribution is -0.137. The number of nitrogens with one attached hydrogen (secondary N) is 2. The number of carboxylic acids is 1. The molecule has 4 aromatic rings. The van der Waals surface area contributed by atoms with Crippen molar-refractivity contribution in [3.8, 4) is 0 Å². The Kier molecular flexibility index (Phi) is 6.62. The van der Waals surface area contributed by atoms with Gasteiger partial charge in [-0.25, -0.2) is 0 Å². The van der Waals surface area contributed by atoms with Crippen LogP contribution in [0.15, 0.2) is 79.0 Å². The third-order valence-electron chi connectivity index (χ3n) is 4.77. The van der Waals surface area contributed by atoms with Gasteiger partial charge in [0.15, 0.2) is 5.82 Å². The molecule has 32 heavy (non-hydrogen) atoms. The van der Waals surface area contributed by atoms with Crippen molar-refractivity contribution in [2.24, 2.45) is 0 Å². The van der Waals surface area contributed by atoms with Crippen molar-refractivity contribution in [1.82, 2.24) is 9.78 Å². The number of benzene rings is 2. The zero-order chi connectivity index (χ0) is 22.3. The van der Waals surface area contributed by atoms with Crippen LogP contribution in [0.25, 0.3) is 0 Å². The Bertz CT molecular complexity index is 1220. The van der Waals surface area contributed by atoms with Gasteiger partial charge in [0, 0.05) is 29.4 Å². The van der Waals surface area contributed by atoms with E-state index in [-0.39, 0.29) is 12.5 Å². The van der Waals surface area contributed by atoms with Gasteiger partial charge in [-0.15, -0.1) is 11.3 Å². The largest absolute Gasteiger partial charge is 0.480 e. The van der Waals surface area contributed by atoms with Gasteiger partial charge in [-0.3, -0.25) is 14.3 Å². The van der Waals surface area contributed by atoms with E-state index in [1.54, 1.807) is 12.1 Å². The van der Waals surface area contributed by atoms with Crippen molar-refractivity contribution in [2.75, 3.05) is 10.6 Å². The van der Waals surface area contributed by atoms with Crippen molar-refractivity contribution in [3.63, 3.8) is 0 Å². The lowest BCUT2D eigenvalue weighted by atomic mass is 10.0. The van der Waals surface area contributed by atoms with Gasteiger partial charge in [0.2, 0.25) is 0 Å². The fourth-order valence-corrected chi connectivity index (χ4v) is 4.12. The van der Waals surface area contributed by atoms with Crippen LogP contribution in [-0.4, -0.2) is 26.8 Å². The minimum Gasteiger partial charge on any atom is -0.480 e. The molecule has 0 aliphatic rings. The highest BCUT2D eigenvalue weighted by atomic mass is 32.1. The van der Waals surface area contributed by atoms with Gasteiger partial charge in [0.1, 0.15) is 6.54 Å². The van der Waals surface area contributed by atoms with Crippen molar-refractivity contribution >= 4 is 34.7 Å². The summed E-state index contributed by atoms with van der Waals surface area (Å²) in [6.45, 7) is 0.355. The number of carbonyl (C=O) groups is 2. The van der Waals surface area contributed by atoms with Crippen LogP contribution in [0.2, 0.25) is 0 Å². The molecule has 0 saturated heterocycles. The maximum absolute atomic E-state index is 12.5. The molecular weight excluding hydrogens is 424 g/mol. The molecule has 0 atom stereocenters. The molecule has 2 aromatic carbocycles. The van der Waals surface area contributed by atoms with Crippen LogP contribution in [0.1, 0.15) is 25.7 Å². The van der Waals surface area contributed by atoms with Crippen LogP contribution in [-0.2, 0) is 24.3 Å². The van der Waals surface area contributed by atoms with E-state index in [2.05, 4.69) is 40.0 Å². The molecular formula is C24H22N4O3S. The van der Waals surface area contributed by atoms with Crippen LogP contribution in [0.5, 0.6) is 0 Å². The fourth-order valence-electron chi connectivity index (χ4n) is 3.27. The van der Waals surface area contributed by atoms with E-state index in [9.17, 15) is 9.59 Å². The summed E-state index contributed by atoms with van der Waals surface area (Å²) in [5, 5.41) is 19.0. The number of para-hydroxylation sites is 1. The number of aromatic nitrogens is 2. The van der Waals surface area contributed by atoms with E-state index in [1.807, 2.05) is 36.4 Å². The molecule has 0 aliphatic carbocycles. The Labute approximate surface area is 189 Å². The summed E-state index contributed by atoms with van der Waals surface area (Å²) in [7, 11) is 0. The quantitative estimate of drug-likeness (QED) is 0.352. The van der Waals surface area contributed by atoms with Crippen LogP contribution < -0.4 is 10.6 Å². The van der Waals surface area contributed by atoms with E-state index in [0.717, 1.165) is 17.0 Å². The Morgan fingerprint density at radius 3 is 2.56 bits per heavy atom. The lowest BCUT2D eigenvalue weighted by Crippen LogP contribution is -2.13. The molecule has 7 nitrogen and oxygen atoms in total. The summed E-state index contributed by atoms with van der Waals surface area (Å²) in [6.07, 6.45) is 2.36. The summed E-state index contributed by atoms with van der Waals surface area (Å²) in [5.74, 6) is -0.947. The fraction of sp³-hybridized carbons (Fsp3) is 0.125. The van der Waals surface area contributed by atoms with Gasteiger partial charge in [0.25, 0.3) is 5.91 Å². The van der Waals surface area contributed by atoms with Crippen LogP contribution in [0.3, 0.4) is 0 Å². The first-order valence-electron chi connectivity index (χ1n) is 10.1. The smallest absolute Gasteiger partial charge is 0.325 e. The minimum atomic E-state index is -0.994. The van der Waals surface area contributed by atoms with Gasteiger partial charge in [-0.2, -0.15) is 5.10 Å². The lowest BCUT2D eigenvalue weighted by Gasteiger charge is -2.11. The number of anilines is 2. The van der Waals surface area contributed by atoms with Crippen molar-refractivity contribution in [1.29, 1.82) is 0 Å². The second-order valence-electron chi connectivity index (χ2n) is 7.19. The van der Waals surface area contributed by atoms with Gasteiger partial charge >= 0.3 is 5.97 Å². The number of carboxylic acid groups (broad SMARTS) is 1. The molecule has 0 spiro atoms. The summed E-state index contributed by atoms with van der Waals surface area (Å²) in [4.78, 5) is 24.8. The topological polar surface area (TPSA) is 96.2 Å². The van der Waals surface area contributed by atoms with Gasteiger partial charge < -0.3 is 15.7 Å². The monoisotopic (exact) mass is 446 g/mol. The summed E-state index contributed by atoms with van der Waals surface area (Å²) in [5.41, 5.74) is 3.53. The number of hydrogen-bond acceptors (Lipinski definition) is 5. The molecule has 3 N–H and O–H groups in total. The Morgan fingerprint density at radius 1 is 0.969 bits per heavy atom. The zero-order valence-corrected chi connectivity index (χ0v) is 18.0. The van der Waals surface area contributed by atoms with Gasteiger partial charge in [-0.1, -0.05) is 48.5 Å². The average Bonchev–Trinajstić information content (AvgIpc) is 3.43. The van der Waals surface area contributed by atoms with Crippen LogP contribution >= 0.6 is 11.3 Å². The molecule has 4 rings (SSSR count). The Morgan fingerprint density at radius 2 is 1.75 bits per heavy atom. The normalized spacial score (nSPS) is 10.6. The number of rotatable bonds is 9. The highest BCUT2D eigenvalue weighted by Crippen LogP contribution is 2.23. The van der Waals surface area contributed by atoms with Crippen molar-refractivity contribution in [2.45, 2.75) is 19.5 Å². The molecule has 0 bridgehead atoms. The van der Waals surface area contributed by atoms with E-state index < -0.39 is 5.97 Å². The molecule has 0 aliphatic heterocycles. The molecule has 2 heterocycles. The van der Waals surface area contributed by atoms with E-state index in [0.29, 0.717) is 17.2 Å². The first kappa shape index (κ1) is 21.3. The predicted octanol–water partition coefficient (Wildman–Crippen LogP) is 4.48. The van der Waals surface area contributed by atoms with Gasteiger partial charge in [-0.05, 0) is 35.7 Å². The molecule has 0 unspecified atom stereocenters. The third kappa shape index (κ3) is 5.61. The first-order chi connectivity index (χ1) is 15.6. The Hall–Kier alpha value is -3.91. The third-order valence-corrected chi connectivity index (χ3v) is 5.86. The molecule has 0 radical (unpaired) electrons. The van der Waals surface area contributed by atoms with E-state index >= 15 is 0 Å². The summed E-state index contributed by atoms with van der Waals surface area (Å²) < 4.78 is 1.26. The predicted molar refractivity (Wildman–Crippen MR) is 125 cm³/mol. The van der Waals surface area contributed by atoms with Crippen molar-refractivity contribution < 1.29 is 14.7 Å². The maximum atomic E-state index is 12.5. The highest BCUT2D eigenvalue weighted by Gasteiger charge is 2.12. The molecule has 162 valence electrons. The van der Waals surface area contributed by atoms with E-state index in [1.165, 1.54) is 33.3 Å². The standard InChI is InChI=1S/C24H22N4O3S/c29-23(30)16-28-13-12-22(27-28)26-24(31)21-11-10-19(32-21)15-25-20-9-5-4-8-18(20)14-17-6-2-1-3-7-17/h1-13,25H,14-16H2,(H,29,30)(H,26,27,31). The second-order valence-corrected chi connectivity index (χ2v) is 8.35. The summed E-state index contributed by atoms with van der Waals surface area (Å²) in [6, 6.07) is 23.8. The molecule has 8 heteroatoms. The zero-order valence-electron chi connectivity index (χ0n) is 17.2. The molecule has 0 fully saturated rings. The number of thiophene rings is 1. The number of amides is 1. The highest BCUT2D eigenvalue weighted by molar-refractivity contribution is 7.14. The number of nitrogens with zero attached hydrogens (tertiary/aromatic N) is 2. The van der Waals surface area contributed by atoms with Gasteiger partial charge in [0.05, 0.1) is 4.88 Å². The number of aliphatic carboxylic acids is 1. The molecule has 1 amide bonds. The van der Waals surface area contributed by atoms with Crippen LogP contribution in [0.4, 0.5) is 11.5 Å². The average molecular weight is 447 g/mol. The minimum absolute atomic E-state index is 0.254.